The second kappa shape index (κ2) is 7.43. The van der Waals surface area contributed by atoms with Crippen molar-refractivity contribution in [3.63, 3.8) is 0 Å². The van der Waals surface area contributed by atoms with Crippen LogP contribution in [0.25, 0.3) is 0 Å². The standard InChI is InChI=1S/C16H19F2N5O4S/c1-19-15(24)14-9-22(21-20-14)8-11-7-16(17,18)10-23(11)28(25,26)13-5-3-4-12(6-13)27-2/h3-6,9,11H,7-8,10H2,1-2H3,(H,19,24)/t11-/m0/s1. The molecule has 0 bridgehead atoms. The summed E-state index contributed by atoms with van der Waals surface area (Å²) in [7, 11) is -1.39. The first-order valence-corrected chi connectivity index (χ1v) is 9.76. The minimum Gasteiger partial charge on any atom is -0.497 e. The Morgan fingerprint density at radius 1 is 1.43 bits per heavy atom. The average Bonchev–Trinajstić information content (AvgIpc) is 3.25. The van der Waals surface area contributed by atoms with E-state index in [-0.39, 0.29) is 17.1 Å². The van der Waals surface area contributed by atoms with Crippen molar-refractivity contribution < 1.29 is 26.7 Å². The Hall–Kier alpha value is -2.60. The van der Waals surface area contributed by atoms with Crippen molar-refractivity contribution in [1.29, 1.82) is 0 Å². The lowest BCUT2D eigenvalue weighted by Crippen LogP contribution is -2.38. The molecule has 28 heavy (non-hydrogen) atoms. The number of ether oxygens (including phenoxy) is 1. The maximum atomic E-state index is 14.1. The van der Waals surface area contributed by atoms with Crippen molar-refractivity contribution in [1.82, 2.24) is 24.6 Å². The second-order valence-electron chi connectivity index (χ2n) is 6.35. The number of hydrogen-bond donors (Lipinski definition) is 1. The van der Waals surface area contributed by atoms with E-state index in [1.165, 1.54) is 43.2 Å². The number of halogens is 2. The van der Waals surface area contributed by atoms with Crippen LogP contribution in [0.15, 0.2) is 35.4 Å². The van der Waals surface area contributed by atoms with Crippen molar-refractivity contribution in [2.75, 3.05) is 20.7 Å². The molecule has 0 saturated carbocycles. The lowest BCUT2D eigenvalue weighted by Gasteiger charge is -2.23. The normalized spacial score (nSPS) is 19.5. The van der Waals surface area contributed by atoms with Gasteiger partial charge in [-0.25, -0.2) is 17.2 Å². The molecule has 1 saturated heterocycles. The van der Waals surface area contributed by atoms with E-state index in [2.05, 4.69) is 15.6 Å². The Morgan fingerprint density at radius 3 is 2.86 bits per heavy atom. The van der Waals surface area contributed by atoms with Gasteiger partial charge in [0.2, 0.25) is 10.0 Å². The first kappa shape index (κ1) is 20.1. The zero-order chi connectivity index (χ0) is 20.5. The lowest BCUT2D eigenvalue weighted by atomic mass is 10.2. The fraction of sp³-hybridized carbons (Fsp3) is 0.438. The molecule has 0 spiro atoms. The minimum absolute atomic E-state index is 0.00876. The summed E-state index contributed by atoms with van der Waals surface area (Å²) in [5.41, 5.74) is 0.00876. The largest absolute Gasteiger partial charge is 0.497 e. The molecule has 1 atom stereocenters. The first-order valence-electron chi connectivity index (χ1n) is 8.32. The lowest BCUT2D eigenvalue weighted by molar-refractivity contribution is 0.0168. The molecule has 1 N–H and O–H groups in total. The van der Waals surface area contributed by atoms with Crippen LogP contribution >= 0.6 is 0 Å². The highest BCUT2D eigenvalue weighted by atomic mass is 32.2. The number of rotatable bonds is 6. The molecule has 1 aliphatic rings. The summed E-state index contributed by atoms with van der Waals surface area (Å²) < 4.78 is 61.1. The van der Waals surface area contributed by atoms with Gasteiger partial charge in [0.25, 0.3) is 11.8 Å². The number of alkyl halides is 2. The van der Waals surface area contributed by atoms with Crippen LogP contribution in [0, 0.1) is 0 Å². The smallest absolute Gasteiger partial charge is 0.273 e. The van der Waals surface area contributed by atoms with Gasteiger partial charge < -0.3 is 10.1 Å². The van der Waals surface area contributed by atoms with E-state index in [1.54, 1.807) is 6.07 Å². The quantitative estimate of drug-likeness (QED) is 0.746. The van der Waals surface area contributed by atoms with E-state index < -0.39 is 40.9 Å². The van der Waals surface area contributed by atoms with Gasteiger partial charge in [-0.2, -0.15) is 4.31 Å². The van der Waals surface area contributed by atoms with Crippen LogP contribution in [0.3, 0.4) is 0 Å². The molecule has 2 heterocycles. The summed E-state index contributed by atoms with van der Waals surface area (Å²) in [5, 5.41) is 9.77. The van der Waals surface area contributed by atoms with Crippen LogP contribution in [0.2, 0.25) is 0 Å². The maximum absolute atomic E-state index is 14.1. The van der Waals surface area contributed by atoms with Gasteiger partial charge in [-0.3, -0.25) is 9.48 Å². The highest BCUT2D eigenvalue weighted by molar-refractivity contribution is 7.89. The molecule has 0 aliphatic carbocycles. The van der Waals surface area contributed by atoms with Crippen molar-refractivity contribution in [3.8, 4) is 5.75 Å². The molecular formula is C16H19F2N5O4S. The highest BCUT2D eigenvalue weighted by Gasteiger charge is 2.50. The van der Waals surface area contributed by atoms with Crippen molar-refractivity contribution >= 4 is 15.9 Å². The Morgan fingerprint density at radius 2 is 2.18 bits per heavy atom. The summed E-state index contributed by atoms with van der Waals surface area (Å²) >= 11 is 0. The number of hydrogen-bond acceptors (Lipinski definition) is 6. The second-order valence-corrected chi connectivity index (χ2v) is 8.24. The van der Waals surface area contributed by atoms with E-state index in [0.29, 0.717) is 5.75 Å². The summed E-state index contributed by atoms with van der Waals surface area (Å²) in [6.45, 7) is -1.10. The van der Waals surface area contributed by atoms with Crippen LogP contribution < -0.4 is 10.1 Å². The topological polar surface area (TPSA) is 106 Å². The van der Waals surface area contributed by atoms with Crippen LogP contribution in [-0.2, 0) is 16.6 Å². The van der Waals surface area contributed by atoms with E-state index in [0.717, 1.165) is 4.31 Å². The molecular weight excluding hydrogens is 396 g/mol. The molecule has 3 rings (SSSR count). The Bertz CT molecular complexity index is 979. The Labute approximate surface area is 160 Å². The molecule has 9 nitrogen and oxygen atoms in total. The fourth-order valence-electron chi connectivity index (χ4n) is 3.04. The van der Waals surface area contributed by atoms with Crippen molar-refractivity contribution in [2.45, 2.75) is 29.8 Å². The Kier molecular flexibility index (Phi) is 5.35. The molecule has 1 amide bonds. The zero-order valence-electron chi connectivity index (χ0n) is 15.2. The van der Waals surface area contributed by atoms with Gasteiger partial charge in [0.05, 0.1) is 37.3 Å². The molecule has 1 aliphatic heterocycles. The summed E-state index contributed by atoms with van der Waals surface area (Å²) in [6.07, 6.45) is 0.622. The number of carbonyl (C=O) groups excluding carboxylic acids is 1. The molecule has 1 aromatic carbocycles. The van der Waals surface area contributed by atoms with Gasteiger partial charge in [0.1, 0.15) is 5.75 Å². The number of methoxy groups -OCH3 is 1. The van der Waals surface area contributed by atoms with Gasteiger partial charge in [-0.05, 0) is 12.1 Å². The predicted octanol–water partition coefficient (Wildman–Crippen LogP) is 0.745. The van der Waals surface area contributed by atoms with Gasteiger partial charge in [0.15, 0.2) is 5.69 Å². The number of nitrogens with zero attached hydrogens (tertiary/aromatic N) is 4. The van der Waals surface area contributed by atoms with Crippen molar-refractivity contribution in [3.05, 3.63) is 36.2 Å². The molecule has 2 aromatic rings. The zero-order valence-corrected chi connectivity index (χ0v) is 16.0. The summed E-state index contributed by atoms with van der Waals surface area (Å²) in [4.78, 5) is 11.4. The molecule has 1 aromatic heterocycles. The number of amides is 1. The van der Waals surface area contributed by atoms with Gasteiger partial charge in [-0.15, -0.1) is 5.10 Å². The van der Waals surface area contributed by atoms with Gasteiger partial charge in [-0.1, -0.05) is 11.3 Å². The number of aromatic nitrogens is 3. The predicted molar refractivity (Wildman–Crippen MR) is 93.7 cm³/mol. The molecule has 0 unspecified atom stereocenters. The maximum Gasteiger partial charge on any atom is 0.273 e. The third-order valence-corrected chi connectivity index (χ3v) is 6.27. The van der Waals surface area contributed by atoms with E-state index in [4.69, 9.17) is 4.74 Å². The van der Waals surface area contributed by atoms with Gasteiger partial charge in [0, 0.05) is 19.5 Å². The Balaban J connectivity index is 1.89. The number of nitrogens with one attached hydrogen (secondary N) is 1. The van der Waals surface area contributed by atoms with Crippen LogP contribution in [0.1, 0.15) is 16.9 Å². The number of benzene rings is 1. The van der Waals surface area contributed by atoms with E-state index in [9.17, 15) is 22.0 Å². The molecule has 0 radical (unpaired) electrons. The number of sulfonamides is 1. The first-order chi connectivity index (χ1) is 13.2. The molecule has 1 fully saturated rings. The van der Waals surface area contributed by atoms with Crippen LogP contribution in [0.4, 0.5) is 8.78 Å². The third kappa shape index (κ3) is 3.97. The molecule has 152 valence electrons. The van der Waals surface area contributed by atoms with E-state index in [1.807, 2.05) is 0 Å². The van der Waals surface area contributed by atoms with Crippen molar-refractivity contribution in [2.24, 2.45) is 0 Å². The fourth-order valence-corrected chi connectivity index (χ4v) is 4.72. The summed E-state index contributed by atoms with van der Waals surface area (Å²) in [6, 6.07) is 4.59. The SMILES string of the molecule is CNC(=O)c1cn(C[C@@H]2CC(F)(F)CN2S(=O)(=O)c2cccc(OC)c2)nn1. The summed E-state index contributed by atoms with van der Waals surface area (Å²) in [5.74, 6) is -3.36. The monoisotopic (exact) mass is 415 g/mol. The minimum atomic E-state index is -4.19. The van der Waals surface area contributed by atoms with Crippen LogP contribution in [0.5, 0.6) is 5.75 Å². The van der Waals surface area contributed by atoms with Crippen LogP contribution in [-0.4, -0.2) is 66.3 Å². The highest BCUT2D eigenvalue weighted by Crippen LogP contribution is 2.37. The average molecular weight is 415 g/mol. The third-order valence-electron chi connectivity index (χ3n) is 4.37. The van der Waals surface area contributed by atoms with Gasteiger partial charge >= 0.3 is 0 Å². The van der Waals surface area contributed by atoms with E-state index >= 15 is 0 Å². The number of carbonyl (C=O) groups is 1. The molecule has 12 heteroatoms.